The Morgan fingerprint density at radius 3 is 1.90 bits per heavy atom. The highest BCUT2D eigenvalue weighted by molar-refractivity contribution is 5.65. The van der Waals surface area contributed by atoms with E-state index in [4.69, 9.17) is 10.4 Å². The Labute approximate surface area is 123 Å². The molecule has 1 unspecified atom stereocenters. The zero-order valence-electron chi connectivity index (χ0n) is 11.4. The second kappa shape index (κ2) is 7.11. The van der Waals surface area contributed by atoms with Gasteiger partial charge in [0, 0.05) is 5.92 Å². The summed E-state index contributed by atoms with van der Waals surface area (Å²) in [5.74, 6) is -0.192. The van der Waals surface area contributed by atoms with E-state index in [2.05, 4.69) is 11.4 Å². The molecule has 0 heterocycles. The minimum Gasteiger partial charge on any atom is -0.465 e. The highest BCUT2D eigenvalue weighted by Gasteiger charge is 2.26. The third-order valence-electron chi connectivity index (χ3n) is 3.34. The summed E-state index contributed by atoms with van der Waals surface area (Å²) in [5.41, 5.74) is 1.97. The molecule has 0 fully saturated rings. The van der Waals surface area contributed by atoms with Crippen LogP contribution in [0.2, 0.25) is 0 Å². The molecule has 0 saturated heterocycles. The van der Waals surface area contributed by atoms with Crippen LogP contribution in [-0.2, 0) is 0 Å². The fourth-order valence-electron chi connectivity index (χ4n) is 2.49. The molecule has 0 aliphatic rings. The molecule has 0 aliphatic carbocycles. The van der Waals surface area contributed by atoms with Crippen LogP contribution in [0.15, 0.2) is 60.7 Å². The fourth-order valence-corrected chi connectivity index (χ4v) is 2.49. The standard InChI is InChI=1S/C17H16N2O2/c18-12-11-15(19-17(20)21)16(13-7-3-1-4-8-13)14-9-5-2-6-10-14/h1-10,15-16,19H,11H2,(H,20,21). The molecule has 4 nitrogen and oxygen atoms in total. The lowest BCUT2D eigenvalue weighted by Crippen LogP contribution is -2.38. The number of carboxylic acid groups (broad SMARTS) is 1. The smallest absolute Gasteiger partial charge is 0.404 e. The molecule has 2 N–H and O–H groups in total. The number of carbonyl (C=O) groups is 1. The predicted octanol–water partition coefficient (Wildman–Crippen LogP) is 3.37. The van der Waals surface area contributed by atoms with Crippen molar-refractivity contribution in [1.29, 1.82) is 5.26 Å². The third kappa shape index (κ3) is 3.83. The van der Waals surface area contributed by atoms with Crippen molar-refractivity contribution >= 4 is 6.09 Å². The minimum atomic E-state index is -1.12. The summed E-state index contributed by atoms with van der Waals surface area (Å²) in [5, 5.41) is 20.5. The normalized spacial score (nSPS) is 11.6. The number of nitriles is 1. The highest BCUT2D eigenvalue weighted by Crippen LogP contribution is 2.29. The molecular formula is C17H16N2O2. The minimum absolute atomic E-state index is 0.112. The van der Waals surface area contributed by atoms with Gasteiger partial charge in [-0.3, -0.25) is 0 Å². The van der Waals surface area contributed by atoms with E-state index in [0.717, 1.165) is 11.1 Å². The summed E-state index contributed by atoms with van der Waals surface area (Å²) in [6.07, 6.45) is -1.01. The number of hydrogen-bond donors (Lipinski definition) is 2. The van der Waals surface area contributed by atoms with Gasteiger partial charge in [-0.25, -0.2) is 4.79 Å². The van der Waals surface area contributed by atoms with Gasteiger partial charge >= 0.3 is 6.09 Å². The van der Waals surface area contributed by atoms with Gasteiger partial charge in [0.2, 0.25) is 0 Å². The van der Waals surface area contributed by atoms with Gasteiger partial charge in [0.25, 0.3) is 0 Å². The van der Waals surface area contributed by atoms with Gasteiger partial charge in [0.15, 0.2) is 0 Å². The van der Waals surface area contributed by atoms with Crippen molar-refractivity contribution in [3.8, 4) is 6.07 Å². The van der Waals surface area contributed by atoms with Crippen molar-refractivity contribution in [3.05, 3.63) is 71.8 Å². The van der Waals surface area contributed by atoms with Gasteiger partial charge in [-0.2, -0.15) is 5.26 Å². The van der Waals surface area contributed by atoms with Crippen LogP contribution in [-0.4, -0.2) is 17.2 Å². The number of hydrogen-bond acceptors (Lipinski definition) is 2. The number of rotatable bonds is 5. The molecule has 1 amide bonds. The first-order valence-electron chi connectivity index (χ1n) is 6.68. The number of amides is 1. The highest BCUT2D eigenvalue weighted by atomic mass is 16.4. The summed E-state index contributed by atoms with van der Waals surface area (Å²) in [6.45, 7) is 0. The van der Waals surface area contributed by atoms with Crippen molar-refractivity contribution in [2.45, 2.75) is 18.4 Å². The van der Waals surface area contributed by atoms with Crippen LogP contribution in [0, 0.1) is 11.3 Å². The molecule has 0 spiro atoms. The monoisotopic (exact) mass is 280 g/mol. The summed E-state index contributed by atoms with van der Waals surface area (Å²) >= 11 is 0. The molecule has 0 saturated carbocycles. The van der Waals surface area contributed by atoms with Crippen molar-refractivity contribution in [1.82, 2.24) is 5.32 Å². The van der Waals surface area contributed by atoms with Crippen LogP contribution in [0.25, 0.3) is 0 Å². The molecule has 1 atom stereocenters. The van der Waals surface area contributed by atoms with E-state index in [1.807, 2.05) is 60.7 Å². The molecule has 0 bridgehead atoms. The molecule has 21 heavy (non-hydrogen) atoms. The van der Waals surface area contributed by atoms with Crippen LogP contribution >= 0.6 is 0 Å². The average Bonchev–Trinajstić information content (AvgIpc) is 2.49. The maximum absolute atomic E-state index is 11.0. The average molecular weight is 280 g/mol. The first kappa shape index (κ1) is 14.6. The van der Waals surface area contributed by atoms with Gasteiger partial charge < -0.3 is 10.4 Å². The van der Waals surface area contributed by atoms with E-state index in [9.17, 15) is 4.79 Å². The van der Waals surface area contributed by atoms with Crippen LogP contribution in [0.3, 0.4) is 0 Å². The largest absolute Gasteiger partial charge is 0.465 e. The summed E-state index contributed by atoms with van der Waals surface area (Å²) in [6, 6.07) is 20.9. The Morgan fingerprint density at radius 1 is 1.05 bits per heavy atom. The zero-order chi connectivity index (χ0) is 15.1. The van der Waals surface area contributed by atoms with E-state index in [-0.39, 0.29) is 12.3 Å². The van der Waals surface area contributed by atoms with Crippen molar-refractivity contribution in [2.75, 3.05) is 0 Å². The molecule has 2 rings (SSSR count). The lowest BCUT2D eigenvalue weighted by molar-refractivity contribution is 0.188. The summed E-state index contributed by atoms with van der Waals surface area (Å²) in [7, 11) is 0. The van der Waals surface area contributed by atoms with Crippen LogP contribution < -0.4 is 5.32 Å². The predicted molar refractivity (Wildman–Crippen MR) is 79.9 cm³/mol. The third-order valence-corrected chi connectivity index (χ3v) is 3.34. The fraction of sp³-hybridized carbons (Fsp3) is 0.176. The molecule has 4 heteroatoms. The van der Waals surface area contributed by atoms with Crippen LogP contribution in [0.4, 0.5) is 4.79 Å². The van der Waals surface area contributed by atoms with Gasteiger partial charge in [-0.1, -0.05) is 60.7 Å². The SMILES string of the molecule is N#CCC(NC(=O)O)C(c1ccccc1)c1ccccc1. The summed E-state index contributed by atoms with van der Waals surface area (Å²) < 4.78 is 0. The Morgan fingerprint density at radius 2 is 1.52 bits per heavy atom. The molecule has 0 aliphatic heterocycles. The Hall–Kier alpha value is -2.80. The van der Waals surface area contributed by atoms with Crippen LogP contribution in [0.5, 0.6) is 0 Å². The van der Waals surface area contributed by atoms with Crippen molar-refractivity contribution in [2.24, 2.45) is 0 Å². The van der Waals surface area contributed by atoms with E-state index in [0.29, 0.717) is 0 Å². The number of nitrogens with one attached hydrogen (secondary N) is 1. The van der Waals surface area contributed by atoms with E-state index >= 15 is 0 Å². The van der Waals surface area contributed by atoms with E-state index in [1.165, 1.54) is 0 Å². The topological polar surface area (TPSA) is 73.1 Å². The number of benzene rings is 2. The molecule has 2 aromatic rings. The summed E-state index contributed by atoms with van der Waals surface area (Å²) in [4.78, 5) is 11.0. The first-order chi connectivity index (χ1) is 10.2. The van der Waals surface area contributed by atoms with Gasteiger partial charge in [0.05, 0.1) is 18.5 Å². The van der Waals surface area contributed by atoms with Crippen molar-refractivity contribution < 1.29 is 9.90 Å². The van der Waals surface area contributed by atoms with Crippen molar-refractivity contribution in [3.63, 3.8) is 0 Å². The van der Waals surface area contributed by atoms with Gasteiger partial charge in [-0.15, -0.1) is 0 Å². The molecule has 0 radical (unpaired) electrons. The first-order valence-corrected chi connectivity index (χ1v) is 6.68. The van der Waals surface area contributed by atoms with Crippen LogP contribution in [0.1, 0.15) is 23.5 Å². The Bertz CT molecular complexity index is 581. The molecule has 2 aromatic carbocycles. The zero-order valence-corrected chi connectivity index (χ0v) is 11.4. The quantitative estimate of drug-likeness (QED) is 0.882. The molecular weight excluding hydrogens is 264 g/mol. The van der Waals surface area contributed by atoms with Gasteiger partial charge in [-0.05, 0) is 11.1 Å². The molecule has 0 aromatic heterocycles. The Kier molecular flexibility index (Phi) is 4.94. The van der Waals surface area contributed by atoms with E-state index in [1.54, 1.807) is 0 Å². The lowest BCUT2D eigenvalue weighted by atomic mass is 9.84. The van der Waals surface area contributed by atoms with Gasteiger partial charge in [0.1, 0.15) is 0 Å². The maximum Gasteiger partial charge on any atom is 0.404 e. The lowest BCUT2D eigenvalue weighted by Gasteiger charge is -2.26. The number of nitrogens with zero attached hydrogens (tertiary/aromatic N) is 1. The second-order valence-corrected chi connectivity index (χ2v) is 4.72. The second-order valence-electron chi connectivity index (χ2n) is 4.72. The molecule has 106 valence electrons. The van der Waals surface area contributed by atoms with E-state index < -0.39 is 12.1 Å². The maximum atomic E-state index is 11.0. The Balaban J connectivity index is 2.44.